The van der Waals surface area contributed by atoms with Crippen molar-refractivity contribution in [1.29, 1.82) is 0 Å². The molecule has 0 aliphatic carbocycles. The van der Waals surface area contributed by atoms with Crippen LogP contribution in [0.4, 0.5) is 4.39 Å². The summed E-state index contributed by atoms with van der Waals surface area (Å²) in [6.45, 7) is 3.31. The lowest BCUT2D eigenvalue weighted by atomic mass is 10.1. The minimum atomic E-state index is -0.317. The van der Waals surface area contributed by atoms with Crippen molar-refractivity contribution in [2.45, 2.75) is 19.9 Å². The number of hydrogen-bond acceptors (Lipinski definition) is 3. The number of amides is 1. The lowest BCUT2D eigenvalue weighted by Crippen LogP contribution is -2.36. The highest BCUT2D eigenvalue weighted by molar-refractivity contribution is 7.80. The Hall–Kier alpha value is -1.53. The predicted molar refractivity (Wildman–Crippen MR) is 81.9 cm³/mol. The lowest BCUT2D eigenvalue weighted by molar-refractivity contribution is -0.121. The van der Waals surface area contributed by atoms with Crippen molar-refractivity contribution in [1.82, 2.24) is 10.2 Å². The zero-order valence-corrected chi connectivity index (χ0v) is 12.6. The molecular weight excluding hydrogens is 277 g/mol. The van der Waals surface area contributed by atoms with Gasteiger partial charge in [0.05, 0.1) is 6.54 Å². The van der Waals surface area contributed by atoms with Gasteiger partial charge in [-0.2, -0.15) is 0 Å². The molecule has 0 aliphatic heterocycles. The van der Waals surface area contributed by atoms with Gasteiger partial charge in [0.25, 0.3) is 0 Å². The van der Waals surface area contributed by atoms with Gasteiger partial charge in [-0.1, -0.05) is 19.1 Å². The second-order valence-corrected chi connectivity index (χ2v) is 4.99. The number of halogens is 1. The van der Waals surface area contributed by atoms with Crippen molar-refractivity contribution in [3.8, 4) is 0 Å². The van der Waals surface area contributed by atoms with Crippen LogP contribution in [0.25, 0.3) is 0 Å². The van der Waals surface area contributed by atoms with Crippen LogP contribution in [0.3, 0.4) is 0 Å². The first-order valence-electron chi connectivity index (χ1n) is 6.49. The quantitative estimate of drug-likeness (QED) is 0.747. The first-order valence-corrected chi connectivity index (χ1v) is 6.90. The standard InChI is InChI=1S/C14H20FN3OS/c1-3-6-18(9-13(19)17-2)8-11-7-10(14(16)20)4-5-12(11)15/h4-5,7H,3,6,8-9H2,1-2H3,(H2,16,20)(H,17,19). The summed E-state index contributed by atoms with van der Waals surface area (Å²) in [6.07, 6.45) is 0.883. The maximum atomic E-state index is 13.8. The van der Waals surface area contributed by atoms with E-state index < -0.39 is 0 Å². The maximum Gasteiger partial charge on any atom is 0.233 e. The Morgan fingerprint density at radius 2 is 2.20 bits per heavy atom. The zero-order valence-electron chi connectivity index (χ0n) is 11.8. The SMILES string of the molecule is CCCN(CC(=O)NC)Cc1cc(C(N)=S)ccc1F. The highest BCUT2D eigenvalue weighted by Gasteiger charge is 2.13. The van der Waals surface area contributed by atoms with E-state index in [1.165, 1.54) is 6.07 Å². The number of carbonyl (C=O) groups excluding carboxylic acids is 1. The topological polar surface area (TPSA) is 58.4 Å². The van der Waals surface area contributed by atoms with Gasteiger partial charge in [-0.25, -0.2) is 4.39 Å². The minimum Gasteiger partial charge on any atom is -0.389 e. The molecule has 1 aromatic rings. The summed E-state index contributed by atoms with van der Waals surface area (Å²) in [4.78, 5) is 13.6. The van der Waals surface area contributed by atoms with Gasteiger partial charge >= 0.3 is 0 Å². The first kappa shape index (κ1) is 16.5. The lowest BCUT2D eigenvalue weighted by Gasteiger charge is -2.21. The number of nitrogens with zero attached hydrogens (tertiary/aromatic N) is 1. The van der Waals surface area contributed by atoms with Crippen molar-refractivity contribution < 1.29 is 9.18 Å². The molecule has 0 unspecified atom stereocenters. The Labute approximate surface area is 124 Å². The van der Waals surface area contributed by atoms with E-state index in [4.69, 9.17) is 18.0 Å². The summed E-state index contributed by atoms with van der Waals surface area (Å²) < 4.78 is 13.8. The number of likely N-dealkylation sites (N-methyl/N-ethyl adjacent to an activating group) is 1. The van der Waals surface area contributed by atoms with Gasteiger partial charge in [0, 0.05) is 24.7 Å². The molecule has 6 heteroatoms. The van der Waals surface area contributed by atoms with Crippen molar-refractivity contribution in [2.75, 3.05) is 20.1 Å². The summed E-state index contributed by atoms with van der Waals surface area (Å²) in [5.74, 6) is -0.410. The van der Waals surface area contributed by atoms with Gasteiger partial charge in [-0.15, -0.1) is 0 Å². The van der Waals surface area contributed by atoms with Gasteiger partial charge in [0.2, 0.25) is 5.91 Å². The van der Waals surface area contributed by atoms with E-state index in [-0.39, 0.29) is 23.3 Å². The number of nitrogens with one attached hydrogen (secondary N) is 1. The Bertz CT molecular complexity index is 493. The Morgan fingerprint density at radius 1 is 1.50 bits per heavy atom. The van der Waals surface area contributed by atoms with E-state index in [0.29, 0.717) is 24.2 Å². The van der Waals surface area contributed by atoms with Crippen LogP contribution in [-0.2, 0) is 11.3 Å². The third-order valence-corrected chi connectivity index (χ3v) is 3.15. The number of carbonyl (C=O) groups is 1. The summed E-state index contributed by atoms with van der Waals surface area (Å²) in [7, 11) is 1.58. The highest BCUT2D eigenvalue weighted by Crippen LogP contribution is 2.13. The molecule has 0 heterocycles. The van der Waals surface area contributed by atoms with Crippen LogP contribution in [0.1, 0.15) is 24.5 Å². The van der Waals surface area contributed by atoms with Crippen LogP contribution >= 0.6 is 12.2 Å². The predicted octanol–water partition coefficient (Wildman–Crippen LogP) is 1.42. The van der Waals surface area contributed by atoms with E-state index >= 15 is 0 Å². The molecule has 0 saturated heterocycles. The van der Waals surface area contributed by atoms with Gasteiger partial charge in [-0.05, 0) is 31.2 Å². The third kappa shape index (κ3) is 4.86. The van der Waals surface area contributed by atoms with Crippen LogP contribution in [0, 0.1) is 5.82 Å². The minimum absolute atomic E-state index is 0.0932. The van der Waals surface area contributed by atoms with Crippen LogP contribution < -0.4 is 11.1 Å². The summed E-state index contributed by atoms with van der Waals surface area (Å²) in [5.41, 5.74) is 6.68. The van der Waals surface area contributed by atoms with Crippen LogP contribution in [0.5, 0.6) is 0 Å². The zero-order chi connectivity index (χ0) is 15.1. The highest BCUT2D eigenvalue weighted by atomic mass is 32.1. The number of nitrogens with two attached hydrogens (primary N) is 1. The molecule has 1 aromatic carbocycles. The van der Waals surface area contributed by atoms with E-state index in [1.807, 2.05) is 11.8 Å². The number of hydrogen-bond donors (Lipinski definition) is 2. The Balaban J connectivity index is 2.89. The van der Waals surface area contributed by atoms with Crippen molar-refractivity contribution in [3.05, 3.63) is 35.1 Å². The van der Waals surface area contributed by atoms with Crippen LogP contribution in [0.2, 0.25) is 0 Å². The van der Waals surface area contributed by atoms with Crippen molar-refractivity contribution >= 4 is 23.1 Å². The molecule has 1 rings (SSSR count). The first-order chi connectivity index (χ1) is 9.47. The monoisotopic (exact) mass is 297 g/mol. The molecule has 110 valence electrons. The molecule has 0 radical (unpaired) electrons. The third-order valence-electron chi connectivity index (χ3n) is 2.91. The summed E-state index contributed by atoms with van der Waals surface area (Å²) in [6, 6.07) is 4.56. The number of rotatable bonds is 7. The van der Waals surface area contributed by atoms with Crippen molar-refractivity contribution in [2.24, 2.45) is 5.73 Å². The summed E-state index contributed by atoms with van der Waals surface area (Å²) in [5, 5.41) is 2.57. The molecule has 0 bridgehead atoms. The molecule has 0 atom stereocenters. The number of benzene rings is 1. The molecule has 4 nitrogen and oxygen atoms in total. The van der Waals surface area contributed by atoms with Gasteiger partial charge in [-0.3, -0.25) is 9.69 Å². The van der Waals surface area contributed by atoms with Gasteiger partial charge < -0.3 is 11.1 Å². The number of thiocarbonyl (C=S) groups is 1. The smallest absolute Gasteiger partial charge is 0.233 e. The van der Waals surface area contributed by atoms with Crippen LogP contribution in [0.15, 0.2) is 18.2 Å². The van der Waals surface area contributed by atoms with E-state index in [0.717, 1.165) is 6.42 Å². The molecule has 0 spiro atoms. The van der Waals surface area contributed by atoms with E-state index in [1.54, 1.807) is 19.2 Å². The normalized spacial score (nSPS) is 10.6. The molecule has 3 N–H and O–H groups in total. The van der Waals surface area contributed by atoms with E-state index in [2.05, 4.69) is 5.32 Å². The fraction of sp³-hybridized carbons (Fsp3) is 0.429. The maximum absolute atomic E-state index is 13.8. The molecule has 0 saturated carbocycles. The van der Waals surface area contributed by atoms with Gasteiger partial charge in [0.1, 0.15) is 10.8 Å². The fourth-order valence-corrected chi connectivity index (χ4v) is 2.03. The average Bonchev–Trinajstić information content (AvgIpc) is 2.41. The second kappa shape index (κ2) is 7.91. The van der Waals surface area contributed by atoms with Gasteiger partial charge in [0.15, 0.2) is 0 Å². The summed E-state index contributed by atoms with van der Waals surface area (Å²) >= 11 is 4.90. The molecule has 20 heavy (non-hydrogen) atoms. The van der Waals surface area contributed by atoms with Crippen molar-refractivity contribution in [3.63, 3.8) is 0 Å². The molecule has 0 aliphatic rings. The Morgan fingerprint density at radius 3 is 2.75 bits per heavy atom. The molecular formula is C14H20FN3OS. The van der Waals surface area contributed by atoms with E-state index in [9.17, 15) is 9.18 Å². The van der Waals surface area contributed by atoms with Crippen LogP contribution in [-0.4, -0.2) is 35.9 Å². The molecule has 1 amide bonds. The average molecular weight is 297 g/mol. The fourth-order valence-electron chi connectivity index (χ4n) is 1.90. The largest absolute Gasteiger partial charge is 0.389 e. The second-order valence-electron chi connectivity index (χ2n) is 4.55. The molecule has 0 fully saturated rings. The Kier molecular flexibility index (Phi) is 6.54. The molecule has 0 aromatic heterocycles.